The van der Waals surface area contributed by atoms with Crippen LogP contribution in [0.5, 0.6) is 0 Å². The van der Waals surface area contributed by atoms with Gasteiger partial charge in [-0.15, -0.1) is 0 Å². The highest BCUT2D eigenvalue weighted by molar-refractivity contribution is 7.99. The van der Waals surface area contributed by atoms with Gasteiger partial charge in [0.1, 0.15) is 0 Å². The largest absolute Gasteiger partial charge is 0.329 e. The van der Waals surface area contributed by atoms with Crippen molar-refractivity contribution in [1.82, 2.24) is 4.90 Å². The SMILES string of the molecule is CC1CCC(N(C)C(CN)C2CCSC2)CC1. The molecule has 3 heteroatoms. The van der Waals surface area contributed by atoms with Gasteiger partial charge in [0.25, 0.3) is 0 Å². The number of nitrogens with zero attached hydrogens (tertiary/aromatic N) is 1. The molecule has 0 radical (unpaired) electrons. The molecule has 1 heterocycles. The molecule has 0 spiro atoms. The third-order valence-electron chi connectivity index (χ3n) is 4.84. The maximum atomic E-state index is 6.04. The second kappa shape index (κ2) is 6.44. The fourth-order valence-electron chi connectivity index (χ4n) is 3.47. The second-order valence-electron chi connectivity index (χ2n) is 6.01. The lowest BCUT2D eigenvalue weighted by Gasteiger charge is -2.40. The highest BCUT2D eigenvalue weighted by Gasteiger charge is 2.32. The topological polar surface area (TPSA) is 29.3 Å². The van der Waals surface area contributed by atoms with Gasteiger partial charge >= 0.3 is 0 Å². The third-order valence-corrected chi connectivity index (χ3v) is 6.02. The number of likely N-dealkylation sites (N-methyl/N-ethyl adjacent to an activating group) is 1. The van der Waals surface area contributed by atoms with Gasteiger partial charge in [-0.2, -0.15) is 11.8 Å². The van der Waals surface area contributed by atoms with Crippen molar-refractivity contribution in [2.75, 3.05) is 25.1 Å². The Morgan fingerprint density at radius 1 is 1.24 bits per heavy atom. The van der Waals surface area contributed by atoms with Crippen LogP contribution < -0.4 is 5.73 Å². The van der Waals surface area contributed by atoms with Gasteiger partial charge in [0.05, 0.1) is 0 Å². The summed E-state index contributed by atoms with van der Waals surface area (Å²) in [6.45, 7) is 3.23. The first kappa shape index (κ1) is 13.7. The van der Waals surface area contributed by atoms with E-state index >= 15 is 0 Å². The van der Waals surface area contributed by atoms with Gasteiger partial charge in [-0.1, -0.05) is 6.92 Å². The van der Waals surface area contributed by atoms with E-state index in [1.807, 2.05) is 0 Å². The fraction of sp³-hybridized carbons (Fsp3) is 1.00. The van der Waals surface area contributed by atoms with Crippen LogP contribution in [0.2, 0.25) is 0 Å². The first-order chi connectivity index (χ1) is 8.22. The summed E-state index contributed by atoms with van der Waals surface area (Å²) in [5.74, 6) is 4.46. The van der Waals surface area contributed by atoms with E-state index in [0.717, 1.165) is 24.4 Å². The highest BCUT2D eigenvalue weighted by atomic mass is 32.2. The summed E-state index contributed by atoms with van der Waals surface area (Å²) in [5, 5.41) is 0. The predicted molar refractivity (Wildman–Crippen MR) is 77.5 cm³/mol. The summed E-state index contributed by atoms with van der Waals surface area (Å²) >= 11 is 2.11. The minimum Gasteiger partial charge on any atom is -0.329 e. The van der Waals surface area contributed by atoms with Crippen molar-refractivity contribution in [3.8, 4) is 0 Å². The summed E-state index contributed by atoms with van der Waals surface area (Å²) in [5.41, 5.74) is 6.04. The van der Waals surface area contributed by atoms with Gasteiger partial charge in [0.2, 0.25) is 0 Å². The van der Waals surface area contributed by atoms with E-state index in [4.69, 9.17) is 5.73 Å². The zero-order valence-electron chi connectivity index (χ0n) is 11.4. The molecule has 0 amide bonds. The quantitative estimate of drug-likeness (QED) is 0.838. The van der Waals surface area contributed by atoms with Crippen LogP contribution in [-0.2, 0) is 0 Å². The molecule has 0 bridgehead atoms. The first-order valence-electron chi connectivity index (χ1n) is 7.22. The lowest BCUT2D eigenvalue weighted by atomic mass is 9.85. The molecular weight excluding hydrogens is 228 g/mol. The molecule has 1 saturated carbocycles. The van der Waals surface area contributed by atoms with Crippen LogP contribution in [0.1, 0.15) is 39.0 Å². The molecule has 0 aromatic carbocycles. The minimum atomic E-state index is 0.628. The van der Waals surface area contributed by atoms with Crippen molar-refractivity contribution in [2.45, 2.75) is 51.1 Å². The van der Waals surface area contributed by atoms with E-state index in [9.17, 15) is 0 Å². The molecule has 2 unspecified atom stereocenters. The average Bonchev–Trinajstić information content (AvgIpc) is 2.84. The van der Waals surface area contributed by atoms with Crippen LogP contribution in [-0.4, -0.2) is 42.1 Å². The Morgan fingerprint density at radius 2 is 1.94 bits per heavy atom. The van der Waals surface area contributed by atoms with Crippen molar-refractivity contribution in [3.63, 3.8) is 0 Å². The molecule has 2 rings (SSSR count). The van der Waals surface area contributed by atoms with E-state index in [1.54, 1.807) is 0 Å². The van der Waals surface area contributed by atoms with Gasteiger partial charge in [-0.3, -0.25) is 4.90 Å². The van der Waals surface area contributed by atoms with Crippen molar-refractivity contribution < 1.29 is 0 Å². The maximum absolute atomic E-state index is 6.04. The minimum absolute atomic E-state index is 0.628. The van der Waals surface area contributed by atoms with E-state index in [1.165, 1.54) is 43.6 Å². The van der Waals surface area contributed by atoms with Gasteiger partial charge in [-0.05, 0) is 62.5 Å². The summed E-state index contributed by atoms with van der Waals surface area (Å²) in [6, 6.07) is 1.42. The van der Waals surface area contributed by atoms with Gasteiger partial charge in [0, 0.05) is 18.6 Å². The lowest BCUT2D eigenvalue weighted by molar-refractivity contribution is 0.0986. The molecule has 1 saturated heterocycles. The van der Waals surface area contributed by atoms with E-state index < -0.39 is 0 Å². The number of hydrogen-bond donors (Lipinski definition) is 1. The fourth-order valence-corrected chi connectivity index (χ4v) is 4.80. The molecule has 2 nitrogen and oxygen atoms in total. The monoisotopic (exact) mass is 256 g/mol. The molecule has 100 valence electrons. The van der Waals surface area contributed by atoms with Crippen LogP contribution >= 0.6 is 11.8 Å². The molecule has 0 aromatic heterocycles. The Labute approximate surface area is 111 Å². The first-order valence-corrected chi connectivity index (χ1v) is 8.37. The summed E-state index contributed by atoms with van der Waals surface area (Å²) in [7, 11) is 2.32. The maximum Gasteiger partial charge on any atom is 0.0254 e. The second-order valence-corrected chi connectivity index (χ2v) is 7.16. The Hall–Kier alpha value is 0.270. The molecule has 1 aliphatic carbocycles. The van der Waals surface area contributed by atoms with Crippen molar-refractivity contribution >= 4 is 11.8 Å². The Kier molecular flexibility index (Phi) is 5.19. The van der Waals surface area contributed by atoms with Crippen LogP contribution in [0.15, 0.2) is 0 Å². The van der Waals surface area contributed by atoms with E-state index in [2.05, 4.69) is 30.6 Å². The molecule has 0 aromatic rings. The zero-order chi connectivity index (χ0) is 12.3. The number of thioether (sulfide) groups is 1. The van der Waals surface area contributed by atoms with Crippen molar-refractivity contribution in [2.24, 2.45) is 17.6 Å². The lowest BCUT2D eigenvalue weighted by Crippen LogP contribution is -2.49. The number of rotatable bonds is 4. The summed E-state index contributed by atoms with van der Waals surface area (Å²) in [6.07, 6.45) is 6.96. The summed E-state index contributed by atoms with van der Waals surface area (Å²) in [4.78, 5) is 2.63. The number of nitrogens with two attached hydrogens (primary N) is 1. The van der Waals surface area contributed by atoms with Crippen LogP contribution in [0.4, 0.5) is 0 Å². The van der Waals surface area contributed by atoms with Gasteiger partial charge in [-0.25, -0.2) is 0 Å². The Bertz CT molecular complexity index is 220. The van der Waals surface area contributed by atoms with Crippen LogP contribution in [0, 0.1) is 11.8 Å². The molecule has 2 fully saturated rings. The Morgan fingerprint density at radius 3 is 2.47 bits per heavy atom. The normalized spacial score (nSPS) is 36.4. The van der Waals surface area contributed by atoms with E-state index in [0.29, 0.717) is 6.04 Å². The standard InChI is InChI=1S/C14H28N2S/c1-11-3-5-13(6-4-11)16(2)14(9-15)12-7-8-17-10-12/h11-14H,3-10,15H2,1-2H3. The Balaban J connectivity index is 1.89. The molecule has 2 N–H and O–H groups in total. The molecule has 17 heavy (non-hydrogen) atoms. The van der Waals surface area contributed by atoms with E-state index in [-0.39, 0.29) is 0 Å². The summed E-state index contributed by atoms with van der Waals surface area (Å²) < 4.78 is 0. The zero-order valence-corrected chi connectivity index (χ0v) is 12.2. The molecule has 2 atom stereocenters. The van der Waals surface area contributed by atoms with Crippen LogP contribution in [0.25, 0.3) is 0 Å². The average molecular weight is 256 g/mol. The number of hydrogen-bond acceptors (Lipinski definition) is 3. The third kappa shape index (κ3) is 3.39. The van der Waals surface area contributed by atoms with Gasteiger partial charge in [0.15, 0.2) is 0 Å². The highest BCUT2D eigenvalue weighted by Crippen LogP contribution is 2.32. The van der Waals surface area contributed by atoms with Crippen molar-refractivity contribution in [3.05, 3.63) is 0 Å². The molecule has 1 aliphatic heterocycles. The predicted octanol–water partition coefficient (Wildman–Crippen LogP) is 2.58. The van der Waals surface area contributed by atoms with Crippen molar-refractivity contribution in [1.29, 1.82) is 0 Å². The van der Waals surface area contributed by atoms with Gasteiger partial charge < -0.3 is 5.73 Å². The molecular formula is C14H28N2S. The molecule has 2 aliphatic rings. The van der Waals surface area contributed by atoms with Crippen LogP contribution in [0.3, 0.4) is 0 Å². The smallest absolute Gasteiger partial charge is 0.0254 e.